The molecule has 1 heterocycles. The van der Waals surface area contributed by atoms with Crippen LogP contribution in [0.3, 0.4) is 0 Å². The molecule has 0 aliphatic carbocycles. The highest BCUT2D eigenvalue weighted by Crippen LogP contribution is 2.21. The smallest absolute Gasteiger partial charge is 0.176 e. The van der Waals surface area contributed by atoms with Gasteiger partial charge in [-0.25, -0.2) is 8.42 Å². The van der Waals surface area contributed by atoms with Crippen LogP contribution >= 0.6 is 0 Å². The zero-order chi connectivity index (χ0) is 16.2. The normalized spacial score (nSPS) is 12.3. The van der Waals surface area contributed by atoms with E-state index in [1.807, 2.05) is 24.3 Å². The molecule has 0 radical (unpaired) electrons. The largest absolute Gasteiger partial charge is 0.382 e. The zero-order valence-electron chi connectivity index (χ0n) is 12.2. The molecule has 0 saturated heterocycles. The second kappa shape index (κ2) is 6.57. The van der Waals surface area contributed by atoms with Crippen molar-refractivity contribution in [3.63, 3.8) is 0 Å². The lowest BCUT2D eigenvalue weighted by atomic mass is 10.0. The molecular formula is C15H18N4O2S. The van der Waals surface area contributed by atoms with Crippen molar-refractivity contribution < 1.29 is 8.42 Å². The van der Waals surface area contributed by atoms with Crippen molar-refractivity contribution in [2.45, 2.75) is 17.7 Å². The first kappa shape index (κ1) is 16.0. The number of pyridine rings is 1. The van der Waals surface area contributed by atoms with Crippen LogP contribution in [-0.4, -0.2) is 25.5 Å². The fourth-order valence-electron chi connectivity index (χ4n) is 2.26. The number of hydrogen-bond donors (Lipinski definition) is 2. The van der Waals surface area contributed by atoms with Crippen LogP contribution in [0, 0.1) is 0 Å². The second-order valence-electron chi connectivity index (χ2n) is 4.90. The predicted molar refractivity (Wildman–Crippen MR) is 86.1 cm³/mol. The average Bonchev–Trinajstić information content (AvgIpc) is 2.52. The Labute approximate surface area is 129 Å². The predicted octanol–water partition coefficient (Wildman–Crippen LogP) is 0.849. The summed E-state index contributed by atoms with van der Waals surface area (Å²) in [6, 6.07) is 10.7. The number of nitrogens with zero attached hydrogens (tertiary/aromatic N) is 2. The molecule has 116 valence electrons. The maximum absolute atomic E-state index is 11.9. The lowest BCUT2D eigenvalue weighted by Gasteiger charge is -2.13. The van der Waals surface area contributed by atoms with Crippen molar-refractivity contribution in [3.8, 4) is 0 Å². The summed E-state index contributed by atoms with van der Waals surface area (Å²) in [5.74, 6) is 5.26. The molecule has 2 aromatic rings. The number of aryl methyl sites for hydroxylation is 2. The molecule has 0 unspecified atom stereocenters. The Bertz CT molecular complexity index is 786. The SMILES string of the molecule is CS(=O)(=O)c1cccc(CCc2ccccn2)c1C(N)=NN. The van der Waals surface area contributed by atoms with Gasteiger partial charge in [0.15, 0.2) is 15.7 Å². The van der Waals surface area contributed by atoms with Crippen molar-refractivity contribution in [2.75, 3.05) is 6.26 Å². The van der Waals surface area contributed by atoms with Crippen LogP contribution in [0.25, 0.3) is 0 Å². The lowest BCUT2D eigenvalue weighted by Crippen LogP contribution is -2.21. The van der Waals surface area contributed by atoms with Gasteiger partial charge in [-0.1, -0.05) is 18.2 Å². The maximum atomic E-state index is 11.9. The third kappa shape index (κ3) is 3.62. The van der Waals surface area contributed by atoms with Crippen molar-refractivity contribution >= 4 is 15.7 Å². The molecular weight excluding hydrogens is 300 g/mol. The number of nitrogens with two attached hydrogens (primary N) is 2. The number of sulfone groups is 1. The summed E-state index contributed by atoms with van der Waals surface area (Å²) in [5, 5.41) is 3.46. The van der Waals surface area contributed by atoms with Gasteiger partial charge in [0.05, 0.1) is 4.90 Å². The van der Waals surface area contributed by atoms with Gasteiger partial charge in [0.2, 0.25) is 0 Å². The molecule has 0 amide bonds. The molecule has 0 spiro atoms. The first-order chi connectivity index (χ1) is 10.4. The van der Waals surface area contributed by atoms with Crippen molar-refractivity contribution in [2.24, 2.45) is 16.7 Å². The summed E-state index contributed by atoms with van der Waals surface area (Å²) in [7, 11) is -3.43. The van der Waals surface area contributed by atoms with Gasteiger partial charge in [0.25, 0.3) is 0 Å². The van der Waals surface area contributed by atoms with Gasteiger partial charge in [0, 0.05) is 23.7 Å². The Morgan fingerprint density at radius 3 is 2.55 bits per heavy atom. The van der Waals surface area contributed by atoms with Crippen molar-refractivity contribution in [1.82, 2.24) is 4.98 Å². The number of benzene rings is 1. The third-order valence-corrected chi connectivity index (χ3v) is 4.42. The monoisotopic (exact) mass is 318 g/mol. The van der Waals surface area contributed by atoms with Crippen LogP contribution < -0.4 is 11.6 Å². The molecule has 1 aromatic heterocycles. The summed E-state index contributed by atoms with van der Waals surface area (Å²) in [6.07, 6.45) is 4.11. The van der Waals surface area contributed by atoms with E-state index in [0.717, 1.165) is 17.5 Å². The Balaban J connectivity index is 2.43. The Morgan fingerprint density at radius 1 is 1.18 bits per heavy atom. The molecule has 2 rings (SSSR count). The summed E-state index contributed by atoms with van der Waals surface area (Å²) < 4.78 is 23.9. The first-order valence-electron chi connectivity index (χ1n) is 6.69. The molecule has 0 fully saturated rings. The second-order valence-corrected chi connectivity index (χ2v) is 6.88. The molecule has 7 heteroatoms. The highest BCUT2D eigenvalue weighted by atomic mass is 32.2. The van der Waals surface area contributed by atoms with E-state index in [1.54, 1.807) is 12.3 Å². The summed E-state index contributed by atoms with van der Waals surface area (Å²) in [5.41, 5.74) is 7.88. The molecule has 0 aliphatic heterocycles. The van der Waals surface area contributed by atoms with Crippen LogP contribution in [0.5, 0.6) is 0 Å². The minimum Gasteiger partial charge on any atom is -0.382 e. The number of hydrogen-bond acceptors (Lipinski definition) is 5. The molecule has 4 N–H and O–H groups in total. The lowest BCUT2D eigenvalue weighted by molar-refractivity contribution is 0.601. The number of rotatable bonds is 5. The van der Waals surface area contributed by atoms with E-state index in [9.17, 15) is 8.42 Å². The summed E-state index contributed by atoms with van der Waals surface area (Å²) in [6.45, 7) is 0. The highest BCUT2D eigenvalue weighted by Gasteiger charge is 2.19. The Kier molecular flexibility index (Phi) is 4.77. The van der Waals surface area contributed by atoms with Crippen LogP contribution in [0.1, 0.15) is 16.8 Å². The molecule has 6 nitrogen and oxygen atoms in total. The van der Waals surface area contributed by atoms with Gasteiger partial charge in [-0.3, -0.25) is 4.98 Å². The minimum absolute atomic E-state index is 0.0112. The van der Waals surface area contributed by atoms with E-state index < -0.39 is 9.84 Å². The van der Waals surface area contributed by atoms with Gasteiger partial charge in [-0.15, -0.1) is 0 Å². The number of hydrazone groups is 1. The highest BCUT2D eigenvalue weighted by molar-refractivity contribution is 7.90. The first-order valence-corrected chi connectivity index (χ1v) is 8.58. The molecule has 1 aromatic carbocycles. The molecule has 22 heavy (non-hydrogen) atoms. The Hall–Kier alpha value is -2.41. The van der Waals surface area contributed by atoms with E-state index in [-0.39, 0.29) is 10.7 Å². The number of amidine groups is 1. The van der Waals surface area contributed by atoms with Gasteiger partial charge in [-0.05, 0) is 36.6 Å². The van der Waals surface area contributed by atoms with Crippen molar-refractivity contribution in [1.29, 1.82) is 0 Å². The van der Waals surface area contributed by atoms with Crippen molar-refractivity contribution in [3.05, 3.63) is 59.4 Å². The van der Waals surface area contributed by atoms with E-state index in [1.165, 1.54) is 6.07 Å². The van der Waals surface area contributed by atoms with Crippen LogP contribution in [0.4, 0.5) is 0 Å². The van der Waals surface area contributed by atoms with Gasteiger partial charge in [0.1, 0.15) is 0 Å². The quantitative estimate of drug-likeness (QED) is 0.367. The fourth-order valence-corrected chi connectivity index (χ4v) is 3.19. The zero-order valence-corrected chi connectivity index (χ0v) is 13.0. The van der Waals surface area contributed by atoms with Gasteiger partial charge < -0.3 is 11.6 Å². The molecule has 0 aliphatic rings. The summed E-state index contributed by atoms with van der Waals surface area (Å²) >= 11 is 0. The molecule has 0 atom stereocenters. The Morgan fingerprint density at radius 2 is 1.95 bits per heavy atom. The van der Waals surface area contributed by atoms with Crippen LogP contribution in [0.2, 0.25) is 0 Å². The fraction of sp³-hybridized carbons (Fsp3) is 0.200. The number of aromatic nitrogens is 1. The standard InChI is InChI=1S/C15H18N4O2S/c1-22(20,21)13-7-4-5-11(14(13)15(16)19-17)8-9-12-6-2-3-10-18-12/h2-7,10H,8-9,17H2,1H3,(H2,16,19). The third-order valence-electron chi connectivity index (χ3n) is 3.28. The van der Waals surface area contributed by atoms with E-state index >= 15 is 0 Å². The van der Waals surface area contributed by atoms with Crippen LogP contribution in [0.15, 0.2) is 52.6 Å². The average molecular weight is 318 g/mol. The summed E-state index contributed by atoms with van der Waals surface area (Å²) in [4.78, 5) is 4.39. The topological polar surface area (TPSA) is 111 Å². The molecule has 0 saturated carbocycles. The minimum atomic E-state index is -3.43. The van der Waals surface area contributed by atoms with Gasteiger partial charge >= 0.3 is 0 Å². The van der Waals surface area contributed by atoms with E-state index in [0.29, 0.717) is 18.4 Å². The maximum Gasteiger partial charge on any atom is 0.176 e. The van der Waals surface area contributed by atoms with Crippen LogP contribution in [-0.2, 0) is 22.7 Å². The van der Waals surface area contributed by atoms with E-state index in [2.05, 4.69) is 10.1 Å². The molecule has 0 bridgehead atoms. The van der Waals surface area contributed by atoms with Gasteiger partial charge in [-0.2, -0.15) is 5.10 Å². The van der Waals surface area contributed by atoms with E-state index in [4.69, 9.17) is 11.6 Å².